The van der Waals surface area contributed by atoms with Crippen LogP contribution in [-0.2, 0) is 13.0 Å². The lowest BCUT2D eigenvalue weighted by Gasteiger charge is -2.46. The van der Waals surface area contributed by atoms with Gasteiger partial charge in [0.2, 0.25) is 0 Å². The fourth-order valence-electron chi connectivity index (χ4n) is 4.29. The lowest BCUT2D eigenvalue weighted by Crippen LogP contribution is -2.60. The molecule has 1 unspecified atom stereocenters. The largest absolute Gasteiger partial charge is 0.335 e. The molecule has 21 heavy (non-hydrogen) atoms. The normalized spacial score (nSPS) is 19.3. The molecule has 1 aromatic heterocycles. The molecule has 0 spiro atoms. The molecule has 120 valence electrons. The summed E-state index contributed by atoms with van der Waals surface area (Å²) in [6.07, 6.45) is 10.4. The van der Waals surface area contributed by atoms with E-state index in [1.165, 1.54) is 31.5 Å². The van der Waals surface area contributed by atoms with Gasteiger partial charge in [-0.15, -0.1) is 0 Å². The lowest BCUT2D eigenvalue weighted by atomic mass is 9.83. The van der Waals surface area contributed by atoms with Crippen LogP contribution in [0.25, 0.3) is 0 Å². The van der Waals surface area contributed by atoms with E-state index in [2.05, 4.69) is 53.8 Å². The zero-order valence-corrected chi connectivity index (χ0v) is 14.2. The van der Waals surface area contributed by atoms with Crippen molar-refractivity contribution in [2.75, 3.05) is 20.1 Å². The van der Waals surface area contributed by atoms with E-state index >= 15 is 0 Å². The van der Waals surface area contributed by atoms with Crippen LogP contribution >= 0.6 is 0 Å². The van der Waals surface area contributed by atoms with E-state index in [-0.39, 0.29) is 0 Å². The molecule has 1 heterocycles. The van der Waals surface area contributed by atoms with Crippen molar-refractivity contribution in [3.05, 3.63) is 18.2 Å². The Morgan fingerprint density at radius 2 is 1.95 bits per heavy atom. The van der Waals surface area contributed by atoms with Crippen molar-refractivity contribution < 1.29 is 0 Å². The van der Waals surface area contributed by atoms with Gasteiger partial charge >= 0.3 is 0 Å². The predicted octanol–water partition coefficient (Wildman–Crippen LogP) is 2.69. The maximum absolute atomic E-state index is 4.59. The highest BCUT2D eigenvalue weighted by molar-refractivity contribution is 5.07. The fraction of sp³-hybridized carbons (Fsp3) is 0.824. The molecular weight excluding hydrogens is 260 g/mol. The minimum atomic E-state index is 0.308. The summed E-state index contributed by atoms with van der Waals surface area (Å²) >= 11 is 0. The minimum Gasteiger partial charge on any atom is -0.335 e. The Balaban J connectivity index is 2.24. The molecule has 0 radical (unpaired) electrons. The molecule has 1 N–H and O–H groups in total. The molecule has 0 bridgehead atoms. The zero-order valence-electron chi connectivity index (χ0n) is 14.2. The molecule has 4 nitrogen and oxygen atoms in total. The monoisotopic (exact) mass is 292 g/mol. The summed E-state index contributed by atoms with van der Waals surface area (Å²) < 4.78 is 2.27. The first-order valence-corrected chi connectivity index (χ1v) is 8.64. The van der Waals surface area contributed by atoms with Gasteiger partial charge in [-0.3, -0.25) is 4.90 Å². The molecular formula is C17H32N4. The van der Waals surface area contributed by atoms with Crippen LogP contribution in [0.5, 0.6) is 0 Å². The Bertz CT molecular complexity index is 416. The molecule has 1 aromatic rings. The Kier molecular flexibility index (Phi) is 5.82. The highest BCUT2D eigenvalue weighted by Crippen LogP contribution is 2.39. The molecule has 2 rings (SSSR count). The topological polar surface area (TPSA) is 33.1 Å². The van der Waals surface area contributed by atoms with Crippen molar-refractivity contribution in [1.29, 1.82) is 0 Å². The zero-order chi connectivity index (χ0) is 15.3. The third-order valence-electron chi connectivity index (χ3n) is 5.39. The second-order valence-corrected chi connectivity index (χ2v) is 6.16. The second-order valence-electron chi connectivity index (χ2n) is 6.16. The number of likely N-dealkylation sites (N-methyl/N-ethyl adjacent to an activating group) is 2. The highest BCUT2D eigenvalue weighted by atomic mass is 15.2. The van der Waals surface area contributed by atoms with Gasteiger partial charge in [0.05, 0.1) is 0 Å². The quantitative estimate of drug-likeness (QED) is 0.800. The summed E-state index contributed by atoms with van der Waals surface area (Å²) in [6, 6.07) is 0.479. The smallest absolute Gasteiger partial charge is 0.110 e. The number of rotatable bonds is 8. The van der Waals surface area contributed by atoms with Crippen LogP contribution in [0, 0.1) is 0 Å². The van der Waals surface area contributed by atoms with Crippen molar-refractivity contribution >= 4 is 0 Å². The van der Waals surface area contributed by atoms with E-state index in [0.29, 0.717) is 11.6 Å². The number of imidazole rings is 1. The van der Waals surface area contributed by atoms with Crippen LogP contribution in [0.15, 0.2) is 12.4 Å². The maximum Gasteiger partial charge on any atom is 0.110 e. The van der Waals surface area contributed by atoms with E-state index in [1.54, 1.807) is 0 Å². The van der Waals surface area contributed by atoms with Crippen molar-refractivity contribution in [1.82, 2.24) is 19.8 Å². The van der Waals surface area contributed by atoms with Gasteiger partial charge in [0.25, 0.3) is 0 Å². The van der Waals surface area contributed by atoms with E-state index in [4.69, 9.17) is 0 Å². The second kappa shape index (κ2) is 7.41. The van der Waals surface area contributed by atoms with Gasteiger partial charge in [0.1, 0.15) is 5.82 Å². The van der Waals surface area contributed by atoms with E-state index < -0.39 is 0 Å². The Hall–Kier alpha value is -0.870. The summed E-state index contributed by atoms with van der Waals surface area (Å²) in [6.45, 7) is 10.1. The molecule has 1 aliphatic carbocycles. The Morgan fingerprint density at radius 1 is 1.29 bits per heavy atom. The van der Waals surface area contributed by atoms with Crippen LogP contribution < -0.4 is 5.32 Å². The summed E-state index contributed by atoms with van der Waals surface area (Å²) in [5.41, 5.74) is 0.308. The van der Waals surface area contributed by atoms with Crippen LogP contribution in [0.1, 0.15) is 52.3 Å². The van der Waals surface area contributed by atoms with Crippen molar-refractivity contribution in [2.45, 2.75) is 71.0 Å². The van der Waals surface area contributed by atoms with Gasteiger partial charge in [-0.25, -0.2) is 4.98 Å². The third-order valence-corrected chi connectivity index (χ3v) is 5.39. The highest BCUT2D eigenvalue weighted by Gasteiger charge is 2.44. The van der Waals surface area contributed by atoms with Gasteiger partial charge in [0.15, 0.2) is 0 Å². The number of nitrogens with zero attached hydrogens (tertiary/aromatic N) is 3. The maximum atomic E-state index is 4.59. The molecule has 0 aliphatic heterocycles. The number of hydrogen-bond acceptors (Lipinski definition) is 3. The number of nitrogens with one attached hydrogen (secondary N) is 1. The van der Waals surface area contributed by atoms with Crippen LogP contribution in [0.4, 0.5) is 0 Å². The first-order valence-electron chi connectivity index (χ1n) is 8.64. The summed E-state index contributed by atoms with van der Waals surface area (Å²) in [5.74, 6) is 1.22. The average molecular weight is 292 g/mol. The molecule has 0 saturated heterocycles. The average Bonchev–Trinajstić information content (AvgIpc) is 3.15. The van der Waals surface area contributed by atoms with Crippen LogP contribution in [0.3, 0.4) is 0 Å². The van der Waals surface area contributed by atoms with Gasteiger partial charge in [0, 0.05) is 36.9 Å². The van der Waals surface area contributed by atoms with Crippen LogP contribution in [-0.4, -0.2) is 46.2 Å². The first kappa shape index (κ1) is 16.5. The van der Waals surface area contributed by atoms with Crippen molar-refractivity contribution in [3.63, 3.8) is 0 Å². The number of aromatic nitrogens is 2. The van der Waals surface area contributed by atoms with Crippen molar-refractivity contribution in [2.24, 2.45) is 0 Å². The minimum absolute atomic E-state index is 0.308. The van der Waals surface area contributed by atoms with Crippen LogP contribution in [0.2, 0.25) is 0 Å². The molecule has 1 atom stereocenters. The summed E-state index contributed by atoms with van der Waals surface area (Å²) in [5, 5.41) is 3.63. The van der Waals surface area contributed by atoms with Crippen molar-refractivity contribution in [3.8, 4) is 0 Å². The van der Waals surface area contributed by atoms with E-state index in [9.17, 15) is 0 Å². The number of hydrogen-bond donors (Lipinski definition) is 1. The van der Waals surface area contributed by atoms with Gasteiger partial charge in [-0.05, 0) is 39.9 Å². The third kappa shape index (κ3) is 3.16. The molecule has 0 amide bonds. The Morgan fingerprint density at radius 3 is 2.48 bits per heavy atom. The molecule has 4 heteroatoms. The van der Waals surface area contributed by atoms with Gasteiger partial charge in [-0.1, -0.05) is 26.7 Å². The SMILES string of the molecule is CCN(CC)C1(C(Cc2nccn2CC)NC)CCCC1. The Labute approximate surface area is 129 Å². The first-order chi connectivity index (χ1) is 10.2. The van der Waals surface area contributed by atoms with E-state index in [0.717, 1.165) is 26.1 Å². The summed E-state index contributed by atoms with van der Waals surface area (Å²) in [4.78, 5) is 7.27. The van der Waals surface area contributed by atoms with Gasteiger partial charge in [-0.2, -0.15) is 0 Å². The van der Waals surface area contributed by atoms with E-state index in [1.807, 2.05) is 6.20 Å². The predicted molar refractivity (Wildman–Crippen MR) is 88.6 cm³/mol. The molecule has 1 saturated carbocycles. The molecule has 0 aromatic carbocycles. The summed E-state index contributed by atoms with van der Waals surface area (Å²) in [7, 11) is 2.12. The fourth-order valence-corrected chi connectivity index (χ4v) is 4.29. The lowest BCUT2D eigenvalue weighted by molar-refractivity contribution is 0.0648. The number of aryl methyl sites for hydroxylation is 1. The standard InChI is InChI=1S/C17H32N4/c1-5-20-13-12-19-16(20)14-15(18-4)17(10-8-9-11-17)21(6-2)7-3/h12-13,15,18H,5-11,14H2,1-4H3. The molecule has 1 fully saturated rings. The van der Waals surface area contributed by atoms with Gasteiger partial charge < -0.3 is 9.88 Å². The molecule has 1 aliphatic rings.